The van der Waals surface area contributed by atoms with Crippen LogP contribution in [-0.2, 0) is 10.0 Å². The molecule has 1 saturated heterocycles. The largest absolute Gasteiger partial charge is 0.330 e. The van der Waals surface area contributed by atoms with E-state index < -0.39 is 10.0 Å². The zero-order valence-electron chi connectivity index (χ0n) is 10.7. The molecule has 100 valence electrons. The number of rotatable bonds is 4. The predicted molar refractivity (Wildman–Crippen MR) is 69.1 cm³/mol. The average molecular weight is 260 g/mol. The third-order valence-electron chi connectivity index (χ3n) is 4.33. The first-order valence-corrected chi connectivity index (χ1v) is 8.24. The molecule has 0 spiro atoms. The van der Waals surface area contributed by atoms with E-state index in [9.17, 15) is 8.42 Å². The van der Waals surface area contributed by atoms with Crippen molar-refractivity contribution in [1.29, 1.82) is 0 Å². The first-order valence-electron chi connectivity index (χ1n) is 6.63. The Labute approximate surface area is 105 Å². The molecule has 1 saturated carbocycles. The van der Waals surface area contributed by atoms with E-state index in [0.29, 0.717) is 31.3 Å². The molecule has 1 heterocycles. The van der Waals surface area contributed by atoms with E-state index in [2.05, 4.69) is 6.92 Å². The van der Waals surface area contributed by atoms with E-state index in [0.717, 1.165) is 19.3 Å². The minimum Gasteiger partial charge on any atom is -0.330 e. The van der Waals surface area contributed by atoms with E-state index in [-0.39, 0.29) is 5.41 Å². The Bertz CT molecular complexity index is 363. The van der Waals surface area contributed by atoms with Gasteiger partial charge in [0.2, 0.25) is 10.0 Å². The number of hydrogen-bond acceptors (Lipinski definition) is 3. The monoisotopic (exact) mass is 260 g/mol. The van der Waals surface area contributed by atoms with Crippen molar-refractivity contribution >= 4 is 10.0 Å². The van der Waals surface area contributed by atoms with E-state index in [1.807, 2.05) is 0 Å². The van der Waals surface area contributed by atoms with Gasteiger partial charge >= 0.3 is 0 Å². The Kier molecular flexibility index (Phi) is 3.80. The molecule has 1 unspecified atom stereocenters. The Morgan fingerprint density at radius 3 is 2.53 bits per heavy atom. The average Bonchev–Trinajstić information content (AvgIpc) is 2.88. The lowest BCUT2D eigenvalue weighted by Crippen LogP contribution is -2.36. The normalized spacial score (nSPS) is 32.4. The maximum atomic E-state index is 12.3. The Balaban J connectivity index is 1.97. The highest BCUT2D eigenvalue weighted by Gasteiger charge is 2.39. The minimum atomic E-state index is -3.05. The van der Waals surface area contributed by atoms with E-state index in [1.165, 1.54) is 12.8 Å². The van der Waals surface area contributed by atoms with Gasteiger partial charge in [-0.1, -0.05) is 19.8 Å². The zero-order valence-corrected chi connectivity index (χ0v) is 11.5. The van der Waals surface area contributed by atoms with Crippen LogP contribution in [0.5, 0.6) is 0 Å². The van der Waals surface area contributed by atoms with Crippen LogP contribution in [0.1, 0.15) is 39.0 Å². The minimum absolute atomic E-state index is 0.0112. The molecule has 2 rings (SSSR count). The molecule has 1 aliphatic carbocycles. The van der Waals surface area contributed by atoms with Crippen molar-refractivity contribution in [2.24, 2.45) is 17.1 Å². The Morgan fingerprint density at radius 1 is 1.35 bits per heavy atom. The quantitative estimate of drug-likeness (QED) is 0.825. The van der Waals surface area contributed by atoms with E-state index >= 15 is 0 Å². The van der Waals surface area contributed by atoms with Gasteiger partial charge in [-0.15, -0.1) is 0 Å². The van der Waals surface area contributed by atoms with Gasteiger partial charge in [-0.3, -0.25) is 0 Å². The second-order valence-corrected chi connectivity index (χ2v) is 8.04. The fourth-order valence-corrected chi connectivity index (χ4v) is 4.98. The van der Waals surface area contributed by atoms with Gasteiger partial charge in [-0.25, -0.2) is 12.7 Å². The van der Waals surface area contributed by atoms with E-state index in [4.69, 9.17) is 5.73 Å². The number of nitrogens with two attached hydrogens (primary N) is 1. The molecule has 2 N–H and O–H groups in total. The summed E-state index contributed by atoms with van der Waals surface area (Å²) in [6, 6.07) is 0. The van der Waals surface area contributed by atoms with Gasteiger partial charge in [0.15, 0.2) is 0 Å². The van der Waals surface area contributed by atoms with Crippen molar-refractivity contribution in [3.8, 4) is 0 Å². The van der Waals surface area contributed by atoms with Crippen molar-refractivity contribution in [3.63, 3.8) is 0 Å². The summed E-state index contributed by atoms with van der Waals surface area (Å²) >= 11 is 0. The molecule has 0 aromatic rings. The lowest BCUT2D eigenvalue weighted by atomic mass is 9.90. The summed E-state index contributed by atoms with van der Waals surface area (Å²) in [6.45, 7) is 3.92. The summed E-state index contributed by atoms with van der Waals surface area (Å²) < 4.78 is 26.2. The number of sulfonamides is 1. The summed E-state index contributed by atoms with van der Waals surface area (Å²) in [4.78, 5) is 0. The zero-order chi connectivity index (χ0) is 12.5. The van der Waals surface area contributed by atoms with Crippen LogP contribution < -0.4 is 5.73 Å². The third kappa shape index (κ3) is 3.01. The van der Waals surface area contributed by atoms with Crippen molar-refractivity contribution in [3.05, 3.63) is 0 Å². The van der Waals surface area contributed by atoms with Gasteiger partial charge in [-0.05, 0) is 37.1 Å². The van der Waals surface area contributed by atoms with Gasteiger partial charge < -0.3 is 5.73 Å². The summed E-state index contributed by atoms with van der Waals surface area (Å²) in [7, 11) is -3.05. The highest BCUT2D eigenvalue weighted by Crippen LogP contribution is 2.33. The molecule has 2 fully saturated rings. The number of nitrogens with zero attached hydrogens (tertiary/aromatic N) is 1. The molecule has 4 nitrogen and oxygen atoms in total. The lowest BCUT2D eigenvalue weighted by molar-refractivity contribution is 0.348. The number of hydrogen-bond donors (Lipinski definition) is 1. The van der Waals surface area contributed by atoms with Crippen molar-refractivity contribution in [2.45, 2.75) is 39.0 Å². The van der Waals surface area contributed by atoms with Crippen LogP contribution in [0.2, 0.25) is 0 Å². The molecule has 0 aromatic carbocycles. The maximum Gasteiger partial charge on any atom is 0.214 e. The first-order chi connectivity index (χ1) is 7.95. The molecular weight excluding hydrogens is 236 g/mol. The Hall–Kier alpha value is -0.130. The molecule has 1 aliphatic heterocycles. The van der Waals surface area contributed by atoms with Gasteiger partial charge in [0, 0.05) is 13.1 Å². The molecule has 0 aromatic heterocycles. The standard InChI is InChI=1S/C12H24N2O2S/c1-12(9-13)6-7-14(10-12)17(15,16)8-11-4-2-3-5-11/h11H,2-10,13H2,1H3. The molecular formula is C12H24N2O2S. The predicted octanol–water partition coefficient (Wildman–Crippen LogP) is 1.18. The SMILES string of the molecule is CC1(CN)CCN(S(=O)(=O)CC2CCCC2)C1. The summed E-state index contributed by atoms with van der Waals surface area (Å²) in [5.41, 5.74) is 5.70. The third-order valence-corrected chi connectivity index (χ3v) is 6.32. The van der Waals surface area contributed by atoms with Gasteiger partial charge in [0.1, 0.15) is 0 Å². The molecule has 5 heteroatoms. The van der Waals surface area contributed by atoms with Crippen LogP contribution in [-0.4, -0.2) is 38.1 Å². The highest BCUT2D eigenvalue weighted by atomic mass is 32.2. The summed E-state index contributed by atoms with van der Waals surface area (Å²) in [5.74, 6) is 0.748. The topological polar surface area (TPSA) is 63.4 Å². The van der Waals surface area contributed by atoms with Crippen LogP contribution in [0, 0.1) is 11.3 Å². The van der Waals surface area contributed by atoms with Crippen molar-refractivity contribution < 1.29 is 8.42 Å². The van der Waals surface area contributed by atoms with Gasteiger partial charge in [0.05, 0.1) is 5.75 Å². The summed E-state index contributed by atoms with van der Waals surface area (Å²) in [6.07, 6.45) is 5.46. The van der Waals surface area contributed by atoms with Crippen molar-refractivity contribution in [1.82, 2.24) is 4.31 Å². The van der Waals surface area contributed by atoms with Gasteiger partial charge in [0.25, 0.3) is 0 Å². The van der Waals surface area contributed by atoms with Gasteiger partial charge in [-0.2, -0.15) is 0 Å². The summed E-state index contributed by atoms with van der Waals surface area (Å²) in [5, 5.41) is 0. The van der Waals surface area contributed by atoms with Crippen molar-refractivity contribution in [2.75, 3.05) is 25.4 Å². The Morgan fingerprint density at radius 2 is 2.00 bits per heavy atom. The molecule has 1 atom stereocenters. The molecule has 0 bridgehead atoms. The first kappa shape index (κ1) is 13.3. The molecule has 0 amide bonds. The lowest BCUT2D eigenvalue weighted by Gasteiger charge is -2.23. The second kappa shape index (κ2) is 4.86. The van der Waals surface area contributed by atoms with E-state index in [1.54, 1.807) is 4.31 Å². The fraction of sp³-hybridized carbons (Fsp3) is 1.00. The molecule has 2 aliphatic rings. The molecule has 17 heavy (non-hydrogen) atoms. The maximum absolute atomic E-state index is 12.3. The smallest absolute Gasteiger partial charge is 0.214 e. The second-order valence-electron chi connectivity index (χ2n) is 6.03. The highest BCUT2D eigenvalue weighted by molar-refractivity contribution is 7.89. The fourth-order valence-electron chi connectivity index (χ4n) is 2.96. The van der Waals surface area contributed by atoms with Crippen LogP contribution in [0.4, 0.5) is 0 Å². The van der Waals surface area contributed by atoms with Crippen LogP contribution in [0.15, 0.2) is 0 Å². The molecule has 0 radical (unpaired) electrons. The van der Waals surface area contributed by atoms with Crippen LogP contribution >= 0.6 is 0 Å². The van der Waals surface area contributed by atoms with Crippen LogP contribution in [0.3, 0.4) is 0 Å². The van der Waals surface area contributed by atoms with Crippen LogP contribution in [0.25, 0.3) is 0 Å².